The molecule has 2 aromatic rings. The summed E-state index contributed by atoms with van der Waals surface area (Å²) in [6.45, 7) is 3.49. The number of likely N-dealkylation sites (tertiary alicyclic amines) is 1. The highest BCUT2D eigenvalue weighted by atomic mass is 32.1. The molecule has 3 aliphatic heterocycles. The fraction of sp³-hybridized carbons (Fsp3) is 0.556. The molecule has 0 saturated carbocycles. The highest BCUT2D eigenvalue weighted by Gasteiger charge is 2.63. The molecular formula is C18H21N5OS. The third-order valence-corrected chi connectivity index (χ3v) is 6.91. The third-order valence-electron chi connectivity index (χ3n) is 6.08. The molecule has 0 aromatic carbocycles. The van der Waals surface area contributed by atoms with Crippen LogP contribution < -0.4 is 4.90 Å². The summed E-state index contributed by atoms with van der Waals surface area (Å²) >= 11 is 1.65. The van der Waals surface area contributed by atoms with E-state index >= 15 is 0 Å². The van der Waals surface area contributed by atoms with Crippen molar-refractivity contribution in [1.29, 1.82) is 0 Å². The number of aryl methyl sites for hydroxylation is 1. The summed E-state index contributed by atoms with van der Waals surface area (Å²) in [5.74, 6) is 1.10. The van der Waals surface area contributed by atoms with Gasteiger partial charge in [-0.15, -0.1) is 11.3 Å². The average molecular weight is 355 g/mol. The van der Waals surface area contributed by atoms with Crippen LogP contribution in [-0.4, -0.2) is 44.4 Å². The maximum absolute atomic E-state index is 13.3. The van der Waals surface area contributed by atoms with Crippen molar-refractivity contribution in [2.45, 2.75) is 51.2 Å². The van der Waals surface area contributed by atoms with E-state index in [2.05, 4.69) is 25.2 Å². The SMILES string of the molecule is Cc1nc(CN2CC[C@]3(C[C@H]4CC[C@H]3N4c3ncccn3)C2=O)cs1. The Hall–Kier alpha value is -2.02. The van der Waals surface area contributed by atoms with E-state index in [0.717, 1.165) is 48.9 Å². The number of carbonyl (C=O) groups is 1. The van der Waals surface area contributed by atoms with Crippen LogP contribution in [0.5, 0.6) is 0 Å². The molecule has 7 heteroatoms. The molecule has 0 N–H and O–H groups in total. The molecule has 0 radical (unpaired) electrons. The summed E-state index contributed by atoms with van der Waals surface area (Å²) in [5, 5.41) is 3.13. The molecule has 0 aliphatic carbocycles. The van der Waals surface area contributed by atoms with Gasteiger partial charge < -0.3 is 9.80 Å². The van der Waals surface area contributed by atoms with E-state index in [9.17, 15) is 4.79 Å². The summed E-state index contributed by atoms with van der Waals surface area (Å²) in [6, 6.07) is 2.49. The van der Waals surface area contributed by atoms with Crippen LogP contribution in [0.15, 0.2) is 23.8 Å². The lowest BCUT2D eigenvalue weighted by Crippen LogP contribution is -2.44. The second-order valence-electron chi connectivity index (χ2n) is 7.40. The number of amides is 1. The molecule has 25 heavy (non-hydrogen) atoms. The Balaban J connectivity index is 1.40. The highest BCUT2D eigenvalue weighted by Crippen LogP contribution is 2.55. The van der Waals surface area contributed by atoms with E-state index in [1.807, 2.05) is 17.9 Å². The standard InChI is InChI=1S/C18H21N5OS/c1-12-21-13(11-25-12)10-22-8-5-18(16(22)24)9-14-3-4-15(18)23(14)17-19-6-2-7-20-17/h2,6-7,11,14-15H,3-5,8-10H2,1H3/t14-,15-,18-/m1/s1. The lowest BCUT2D eigenvalue weighted by Gasteiger charge is -2.32. The number of fused-ring (bicyclic) bond motifs is 3. The van der Waals surface area contributed by atoms with Crippen molar-refractivity contribution in [3.8, 4) is 0 Å². The Labute approximate surface area is 150 Å². The van der Waals surface area contributed by atoms with E-state index in [1.54, 1.807) is 23.7 Å². The fourth-order valence-corrected chi connectivity index (χ4v) is 5.70. The molecule has 2 aromatic heterocycles. The van der Waals surface area contributed by atoms with Gasteiger partial charge >= 0.3 is 0 Å². The number of thiazole rings is 1. The number of aromatic nitrogens is 3. The van der Waals surface area contributed by atoms with Gasteiger partial charge in [-0.2, -0.15) is 0 Å². The molecule has 1 amide bonds. The topological polar surface area (TPSA) is 62.2 Å². The van der Waals surface area contributed by atoms with Gasteiger partial charge in [-0.05, 0) is 38.7 Å². The lowest BCUT2D eigenvalue weighted by atomic mass is 9.72. The molecule has 130 valence electrons. The number of nitrogens with zero attached hydrogens (tertiary/aromatic N) is 5. The van der Waals surface area contributed by atoms with E-state index < -0.39 is 0 Å². The van der Waals surface area contributed by atoms with Crippen molar-refractivity contribution in [2.75, 3.05) is 11.4 Å². The second-order valence-corrected chi connectivity index (χ2v) is 8.46. The fourth-order valence-electron chi connectivity index (χ4n) is 5.09. The second kappa shape index (κ2) is 5.49. The van der Waals surface area contributed by atoms with Crippen LogP contribution in [0.2, 0.25) is 0 Å². The zero-order valence-electron chi connectivity index (χ0n) is 14.3. The first kappa shape index (κ1) is 15.3. The van der Waals surface area contributed by atoms with Gasteiger partial charge in [-0.3, -0.25) is 4.79 Å². The average Bonchev–Trinajstić information content (AvgIpc) is 3.37. The number of hydrogen-bond acceptors (Lipinski definition) is 6. The van der Waals surface area contributed by atoms with E-state index in [-0.39, 0.29) is 11.5 Å². The summed E-state index contributed by atoms with van der Waals surface area (Å²) in [7, 11) is 0. The minimum atomic E-state index is -0.243. The minimum absolute atomic E-state index is 0.243. The molecule has 3 aliphatic rings. The molecule has 3 atom stereocenters. The molecule has 0 unspecified atom stereocenters. The Morgan fingerprint density at radius 1 is 1.32 bits per heavy atom. The Morgan fingerprint density at radius 3 is 2.92 bits per heavy atom. The summed E-state index contributed by atoms with van der Waals surface area (Å²) in [6.07, 6.45) is 7.68. The summed E-state index contributed by atoms with van der Waals surface area (Å²) < 4.78 is 0. The molecule has 1 spiro atoms. The summed E-state index contributed by atoms with van der Waals surface area (Å²) in [5.41, 5.74) is 0.770. The van der Waals surface area contributed by atoms with Gasteiger partial charge in [0.2, 0.25) is 11.9 Å². The number of rotatable bonds is 3. The van der Waals surface area contributed by atoms with Crippen LogP contribution >= 0.6 is 11.3 Å². The third kappa shape index (κ3) is 2.21. The maximum atomic E-state index is 13.3. The first-order valence-corrected chi connectivity index (χ1v) is 9.81. The van der Waals surface area contributed by atoms with Gasteiger partial charge in [0.25, 0.3) is 0 Å². The van der Waals surface area contributed by atoms with Crippen molar-refractivity contribution < 1.29 is 4.79 Å². The number of hydrogen-bond donors (Lipinski definition) is 0. The van der Waals surface area contributed by atoms with Crippen LogP contribution in [-0.2, 0) is 11.3 Å². The van der Waals surface area contributed by atoms with Crippen LogP contribution in [0.1, 0.15) is 36.4 Å². The van der Waals surface area contributed by atoms with Gasteiger partial charge in [-0.1, -0.05) is 0 Å². The molecule has 5 heterocycles. The van der Waals surface area contributed by atoms with Gasteiger partial charge in [0.05, 0.1) is 22.7 Å². The maximum Gasteiger partial charge on any atom is 0.231 e. The van der Waals surface area contributed by atoms with E-state index in [4.69, 9.17) is 0 Å². The molecule has 2 bridgehead atoms. The Kier molecular flexibility index (Phi) is 3.35. The number of anilines is 1. The van der Waals surface area contributed by atoms with Crippen molar-refractivity contribution >= 4 is 23.2 Å². The Morgan fingerprint density at radius 2 is 2.16 bits per heavy atom. The predicted molar refractivity (Wildman–Crippen MR) is 95.3 cm³/mol. The van der Waals surface area contributed by atoms with Crippen LogP contribution in [0.4, 0.5) is 5.95 Å². The Bertz CT molecular complexity index is 809. The van der Waals surface area contributed by atoms with Gasteiger partial charge in [0.1, 0.15) is 0 Å². The van der Waals surface area contributed by atoms with Crippen molar-refractivity contribution in [3.63, 3.8) is 0 Å². The van der Waals surface area contributed by atoms with Crippen molar-refractivity contribution in [2.24, 2.45) is 5.41 Å². The molecule has 3 saturated heterocycles. The summed E-state index contributed by atoms with van der Waals surface area (Å²) in [4.78, 5) is 31.1. The first-order valence-electron chi connectivity index (χ1n) is 8.93. The van der Waals surface area contributed by atoms with Crippen molar-refractivity contribution in [3.05, 3.63) is 34.5 Å². The zero-order valence-corrected chi connectivity index (χ0v) is 15.1. The number of carbonyl (C=O) groups excluding carboxylic acids is 1. The van der Waals surface area contributed by atoms with Gasteiger partial charge in [0.15, 0.2) is 0 Å². The normalized spacial score (nSPS) is 30.8. The molecule has 5 rings (SSSR count). The largest absolute Gasteiger partial charge is 0.336 e. The molecule has 6 nitrogen and oxygen atoms in total. The lowest BCUT2D eigenvalue weighted by molar-refractivity contribution is -0.137. The van der Waals surface area contributed by atoms with Crippen LogP contribution in [0, 0.1) is 12.3 Å². The monoisotopic (exact) mass is 355 g/mol. The van der Waals surface area contributed by atoms with Crippen LogP contribution in [0.25, 0.3) is 0 Å². The van der Waals surface area contributed by atoms with E-state index in [1.165, 1.54) is 0 Å². The first-order chi connectivity index (χ1) is 12.2. The van der Waals surface area contributed by atoms with Crippen LogP contribution in [0.3, 0.4) is 0 Å². The molecular weight excluding hydrogens is 334 g/mol. The van der Waals surface area contributed by atoms with E-state index in [0.29, 0.717) is 18.5 Å². The zero-order chi connectivity index (χ0) is 17.0. The quantitative estimate of drug-likeness (QED) is 0.846. The van der Waals surface area contributed by atoms with Crippen molar-refractivity contribution in [1.82, 2.24) is 19.9 Å². The van der Waals surface area contributed by atoms with Gasteiger partial charge in [-0.25, -0.2) is 15.0 Å². The molecule has 3 fully saturated rings. The smallest absolute Gasteiger partial charge is 0.231 e. The predicted octanol–water partition coefficient (Wildman–Crippen LogP) is 2.40. The minimum Gasteiger partial charge on any atom is -0.336 e. The van der Waals surface area contributed by atoms with Gasteiger partial charge in [0, 0.05) is 36.4 Å². The highest BCUT2D eigenvalue weighted by molar-refractivity contribution is 7.09.